The molecule has 0 aliphatic carbocycles. The number of likely N-dealkylation sites (tertiary alicyclic amines) is 1. The van der Waals surface area contributed by atoms with Gasteiger partial charge < -0.3 is 14.5 Å². The van der Waals surface area contributed by atoms with Crippen LogP contribution in [0.2, 0.25) is 10.0 Å². The number of carbonyl (C=O) groups is 1. The van der Waals surface area contributed by atoms with Gasteiger partial charge in [0.15, 0.2) is 0 Å². The lowest BCUT2D eigenvalue weighted by Crippen LogP contribution is -2.52. The molecule has 0 saturated carbocycles. The molecule has 2 heterocycles. The van der Waals surface area contributed by atoms with Crippen molar-refractivity contribution < 1.29 is 9.53 Å². The Morgan fingerprint density at radius 1 is 1.00 bits per heavy atom. The fourth-order valence-electron chi connectivity index (χ4n) is 4.54. The maximum atomic E-state index is 13.2. The summed E-state index contributed by atoms with van der Waals surface area (Å²) in [4.78, 5) is 19.9. The summed E-state index contributed by atoms with van der Waals surface area (Å²) in [6, 6.07) is 13.7. The lowest BCUT2D eigenvalue weighted by Gasteiger charge is -2.39. The summed E-state index contributed by atoms with van der Waals surface area (Å²) in [6.45, 7) is 5.64. The third-order valence-electron chi connectivity index (χ3n) is 6.33. The molecule has 166 valence electrons. The summed E-state index contributed by atoms with van der Waals surface area (Å²) in [5.74, 6) is 1.18. The minimum atomic E-state index is 0.0440. The zero-order chi connectivity index (χ0) is 21.8. The van der Waals surface area contributed by atoms with Gasteiger partial charge in [-0.05, 0) is 55.8 Å². The summed E-state index contributed by atoms with van der Waals surface area (Å²) in [6.07, 6.45) is 1.97. The molecule has 1 unspecified atom stereocenters. The number of halogens is 2. The van der Waals surface area contributed by atoms with Crippen molar-refractivity contribution in [3.63, 3.8) is 0 Å². The second kappa shape index (κ2) is 10.1. The van der Waals surface area contributed by atoms with E-state index in [1.807, 2.05) is 35.2 Å². The number of hydrogen-bond acceptors (Lipinski definition) is 4. The fourth-order valence-corrected chi connectivity index (χ4v) is 5.06. The van der Waals surface area contributed by atoms with Crippen molar-refractivity contribution >= 4 is 34.8 Å². The highest BCUT2D eigenvalue weighted by Crippen LogP contribution is 2.28. The van der Waals surface area contributed by atoms with E-state index < -0.39 is 0 Å². The number of hydrogen-bond donors (Lipinski definition) is 0. The Balaban J connectivity index is 1.32. The molecule has 1 amide bonds. The Labute approximate surface area is 194 Å². The molecule has 31 heavy (non-hydrogen) atoms. The van der Waals surface area contributed by atoms with E-state index in [2.05, 4.69) is 21.9 Å². The van der Waals surface area contributed by atoms with Gasteiger partial charge in [-0.25, -0.2) is 0 Å². The van der Waals surface area contributed by atoms with Crippen molar-refractivity contribution in [2.45, 2.75) is 19.4 Å². The molecule has 0 spiro atoms. The second-order valence-electron chi connectivity index (χ2n) is 8.28. The zero-order valence-electron chi connectivity index (χ0n) is 17.9. The number of ether oxygens (including phenoxy) is 1. The summed E-state index contributed by atoms with van der Waals surface area (Å²) in [5.41, 5.74) is 2.13. The smallest absolute Gasteiger partial charge is 0.227 e. The van der Waals surface area contributed by atoms with Crippen molar-refractivity contribution in [1.82, 2.24) is 9.80 Å². The normalized spacial score (nSPS) is 20.0. The zero-order valence-corrected chi connectivity index (χ0v) is 19.4. The molecule has 2 aliphatic rings. The Hall–Kier alpha value is -1.95. The monoisotopic (exact) mass is 461 g/mol. The summed E-state index contributed by atoms with van der Waals surface area (Å²) < 4.78 is 5.24. The van der Waals surface area contributed by atoms with Crippen LogP contribution in [0.25, 0.3) is 0 Å². The van der Waals surface area contributed by atoms with Crippen molar-refractivity contribution in [2.75, 3.05) is 51.3 Å². The molecule has 2 aliphatic heterocycles. The molecular formula is C24H29Cl2N3O2. The minimum absolute atomic E-state index is 0.0440. The van der Waals surface area contributed by atoms with Crippen LogP contribution in [0.4, 0.5) is 5.69 Å². The molecule has 7 heteroatoms. The number of methoxy groups -OCH3 is 1. The molecular weight excluding hydrogens is 433 g/mol. The van der Waals surface area contributed by atoms with Crippen LogP contribution in [-0.2, 0) is 11.3 Å². The van der Waals surface area contributed by atoms with Gasteiger partial charge in [0.05, 0.1) is 13.0 Å². The van der Waals surface area contributed by atoms with Crippen molar-refractivity contribution in [3.05, 3.63) is 58.1 Å². The average molecular weight is 462 g/mol. The molecule has 5 nitrogen and oxygen atoms in total. The third kappa shape index (κ3) is 5.28. The highest BCUT2D eigenvalue weighted by atomic mass is 35.5. The van der Waals surface area contributed by atoms with Crippen LogP contribution in [0, 0.1) is 5.92 Å². The second-order valence-corrected chi connectivity index (χ2v) is 9.10. The predicted molar refractivity (Wildman–Crippen MR) is 126 cm³/mol. The van der Waals surface area contributed by atoms with Crippen molar-refractivity contribution in [2.24, 2.45) is 5.92 Å². The van der Waals surface area contributed by atoms with Gasteiger partial charge in [-0.1, -0.05) is 29.3 Å². The Morgan fingerprint density at radius 3 is 2.32 bits per heavy atom. The van der Waals surface area contributed by atoms with Crippen LogP contribution in [0.15, 0.2) is 42.5 Å². The number of piperidine rings is 1. The number of rotatable bonds is 5. The standard InChI is InChI=1S/C24H29Cl2N3O2/c1-31-20-9-7-19(8-10-20)28-12-14-29(15-13-28)24(30)18-4-3-11-27(16-18)17-21-22(25)5-2-6-23(21)26/h2,5-10,18H,3-4,11-17H2,1H3. The SMILES string of the molecule is COc1ccc(N2CCN(C(=O)C3CCCN(Cc4c(Cl)cccc4Cl)C3)CC2)cc1. The van der Waals surface area contributed by atoms with Gasteiger partial charge >= 0.3 is 0 Å². The van der Waals surface area contributed by atoms with Crippen LogP contribution in [0.1, 0.15) is 18.4 Å². The third-order valence-corrected chi connectivity index (χ3v) is 7.04. The van der Waals surface area contributed by atoms with Crippen LogP contribution in [-0.4, -0.2) is 62.1 Å². The molecule has 0 bridgehead atoms. The van der Waals surface area contributed by atoms with Crippen LogP contribution < -0.4 is 9.64 Å². The molecule has 0 radical (unpaired) electrons. The lowest BCUT2D eigenvalue weighted by molar-refractivity contribution is -0.137. The quantitative estimate of drug-likeness (QED) is 0.653. The van der Waals surface area contributed by atoms with Crippen LogP contribution in [0.3, 0.4) is 0 Å². The van der Waals surface area contributed by atoms with Gasteiger partial charge in [0.1, 0.15) is 5.75 Å². The molecule has 1 atom stereocenters. The Morgan fingerprint density at radius 2 is 1.68 bits per heavy atom. The van der Waals surface area contributed by atoms with Gasteiger partial charge in [0, 0.05) is 60.6 Å². The molecule has 0 N–H and O–H groups in total. The van der Waals surface area contributed by atoms with E-state index in [4.69, 9.17) is 27.9 Å². The van der Waals surface area contributed by atoms with E-state index in [0.29, 0.717) is 16.6 Å². The largest absolute Gasteiger partial charge is 0.497 e. The van der Waals surface area contributed by atoms with Crippen molar-refractivity contribution in [3.8, 4) is 5.75 Å². The van der Waals surface area contributed by atoms with E-state index in [1.165, 1.54) is 5.69 Å². The Bertz CT molecular complexity index is 878. The number of nitrogens with zero attached hydrogens (tertiary/aromatic N) is 3. The van der Waals surface area contributed by atoms with E-state index in [1.54, 1.807) is 7.11 Å². The Kier molecular flexibility index (Phi) is 7.26. The average Bonchev–Trinajstić information content (AvgIpc) is 2.81. The van der Waals surface area contributed by atoms with Crippen LogP contribution >= 0.6 is 23.2 Å². The van der Waals surface area contributed by atoms with Gasteiger partial charge in [-0.2, -0.15) is 0 Å². The number of anilines is 1. The molecule has 2 aromatic carbocycles. The molecule has 2 fully saturated rings. The predicted octanol–water partition coefficient (Wildman–Crippen LogP) is 4.56. The van der Waals surface area contributed by atoms with Crippen molar-refractivity contribution in [1.29, 1.82) is 0 Å². The van der Waals surface area contributed by atoms with Gasteiger partial charge in [-0.3, -0.25) is 9.69 Å². The molecule has 2 saturated heterocycles. The van der Waals surface area contributed by atoms with Gasteiger partial charge in [0.2, 0.25) is 5.91 Å². The summed E-state index contributed by atoms with van der Waals surface area (Å²) in [5, 5.41) is 1.38. The molecule has 0 aromatic heterocycles. The highest BCUT2D eigenvalue weighted by molar-refractivity contribution is 6.35. The van der Waals surface area contributed by atoms with Gasteiger partial charge in [-0.15, -0.1) is 0 Å². The first-order chi connectivity index (χ1) is 15.0. The number of amides is 1. The first-order valence-corrected chi connectivity index (χ1v) is 11.6. The number of piperazine rings is 1. The maximum Gasteiger partial charge on any atom is 0.227 e. The fraction of sp³-hybridized carbons (Fsp3) is 0.458. The lowest BCUT2D eigenvalue weighted by atomic mass is 9.95. The van der Waals surface area contributed by atoms with E-state index in [0.717, 1.165) is 63.4 Å². The highest BCUT2D eigenvalue weighted by Gasteiger charge is 2.31. The van der Waals surface area contributed by atoms with Gasteiger partial charge in [0.25, 0.3) is 0 Å². The minimum Gasteiger partial charge on any atom is -0.497 e. The summed E-state index contributed by atoms with van der Waals surface area (Å²) >= 11 is 12.7. The number of carbonyl (C=O) groups excluding carboxylic acids is 1. The van der Waals surface area contributed by atoms with E-state index in [9.17, 15) is 4.79 Å². The molecule has 2 aromatic rings. The first-order valence-electron chi connectivity index (χ1n) is 10.9. The number of benzene rings is 2. The maximum absolute atomic E-state index is 13.2. The van der Waals surface area contributed by atoms with E-state index in [-0.39, 0.29) is 11.8 Å². The summed E-state index contributed by atoms with van der Waals surface area (Å²) in [7, 11) is 1.68. The van der Waals surface area contributed by atoms with E-state index >= 15 is 0 Å². The van der Waals surface area contributed by atoms with Crippen LogP contribution in [0.5, 0.6) is 5.75 Å². The molecule has 4 rings (SSSR count). The first kappa shape index (κ1) is 22.3. The topological polar surface area (TPSA) is 36.0 Å².